The Bertz CT molecular complexity index is 507. The van der Waals surface area contributed by atoms with E-state index in [0.29, 0.717) is 17.5 Å². The summed E-state index contributed by atoms with van der Waals surface area (Å²) in [6.45, 7) is 4.36. The third kappa shape index (κ3) is 3.53. The minimum atomic E-state index is 0.00225. The van der Waals surface area contributed by atoms with Gasteiger partial charge < -0.3 is 19.9 Å². The molecular formula is C14H22N4O2S. The lowest BCUT2D eigenvalue weighted by atomic mass is 10.3. The summed E-state index contributed by atoms with van der Waals surface area (Å²) in [5.74, 6) is 0.00225. The monoisotopic (exact) mass is 310 g/mol. The van der Waals surface area contributed by atoms with E-state index in [0.717, 1.165) is 49.8 Å². The SMILES string of the molecule is COCc1nc(N2CCN(C)CC2)sc1C(=O)NC1CC1. The number of ether oxygens (including phenoxy) is 1. The van der Waals surface area contributed by atoms with Gasteiger partial charge in [0.15, 0.2) is 5.13 Å². The molecule has 0 spiro atoms. The van der Waals surface area contributed by atoms with Gasteiger partial charge in [-0.05, 0) is 19.9 Å². The number of nitrogens with zero attached hydrogens (tertiary/aromatic N) is 3. The normalized spacial score (nSPS) is 19.8. The molecule has 1 aromatic heterocycles. The van der Waals surface area contributed by atoms with Crippen molar-refractivity contribution < 1.29 is 9.53 Å². The van der Waals surface area contributed by atoms with Crippen molar-refractivity contribution in [2.45, 2.75) is 25.5 Å². The minimum Gasteiger partial charge on any atom is -0.378 e. The number of likely N-dealkylation sites (N-methyl/N-ethyl adjacent to an activating group) is 1. The maximum atomic E-state index is 12.3. The summed E-state index contributed by atoms with van der Waals surface area (Å²) < 4.78 is 5.19. The number of thiazole rings is 1. The molecule has 2 heterocycles. The zero-order chi connectivity index (χ0) is 14.8. The number of carbonyl (C=O) groups excluding carboxylic acids is 1. The number of methoxy groups -OCH3 is 1. The molecule has 2 fully saturated rings. The van der Waals surface area contributed by atoms with Crippen molar-refractivity contribution in [3.63, 3.8) is 0 Å². The fraction of sp³-hybridized carbons (Fsp3) is 0.714. The van der Waals surface area contributed by atoms with Crippen LogP contribution in [-0.4, -0.2) is 62.2 Å². The smallest absolute Gasteiger partial charge is 0.263 e. The second-order valence-electron chi connectivity index (χ2n) is 5.74. The molecule has 2 aliphatic rings. The molecular weight excluding hydrogens is 288 g/mol. The molecule has 116 valence electrons. The first-order valence-corrected chi connectivity index (χ1v) is 8.22. The summed E-state index contributed by atoms with van der Waals surface area (Å²) in [6.07, 6.45) is 2.19. The van der Waals surface area contributed by atoms with E-state index in [1.165, 1.54) is 11.3 Å². The van der Waals surface area contributed by atoms with Crippen molar-refractivity contribution in [2.75, 3.05) is 45.2 Å². The maximum Gasteiger partial charge on any atom is 0.263 e. The highest BCUT2D eigenvalue weighted by Crippen LogP contribution is 2.29. The lowest BCUT2D eigenvalue weighted by Gasteiger charge is -2.32. The molecule has 21 heavy (non-hydrogen) atoms. The average Bonchev–Trinajstić information content (AvgIpc) is 3.18. The van der Waals surface area contributed by atoms with E-state index >= 15 is 0 Å². The topological polar surface area (TPSA) is 57.7 Å². The highest BCUT2D eigenvalue weighted by Gasteiger charge is 2.28. The number of nitrogens with one attached hydrogen (secondary N) is 1. The Morgan fingerprint density at radius 2 is 2.10 bits per heavy atom. The van der Waals surface area contributed by atoms with Gasteiger partial charge >= 0.3 is 0 Å². The maximum absolute atomic E-state index is 12.3. The van der Waals surface area contributed by atoms with Crippen molar-refractivity contribution in [1.82, 2.24) is 15.2 Å². The molecule has 1 amide bonds. The first kappa shape index (κ1) is 14.7. The number of hydrogen-bond donors (Lipinski definition) is 1. The number of piperazine rings is 1. The molecule has 3 rings (SSSR count). The second kappa shape index (κ2) is 6.29. The van der Waals surface area contributed by atoms with Crippen molar-refractivity contribution in [2.24, 2.45) is 0 Å². The van der Waals surface area contributed by atoms with E-state index in [9.17, 15) is 4.79 Å². The summed E-state index contributed by atoms with van der Waals surface area (Å²) in [4.78, 5) is 22.2. The highest BCUT2D eigenvalue weighted by atomic mass is 32.1. The predicted molar refractivity (Wildman–Crippen MR) is 83.0 cm³/mol. The van der Waals surface area contributed by atoms with Crippen LogP contribution < -0.4 is 10.2 Å². The van der Waals surface area contributed by atoms with Crippen LogP contribution >= 0.6 is 11.3 Å². The van der Waals surface area contributed by atoms with E-state index in [1.54, 1.807) is 7.11 Å². The van der Waals surface area contributed by atoms with Crippen LogP contribution in [0.4, 0.5) is 5.13 Å². The van der Waals surface area contributed by atoms with Gasteiger partial charge in [0.25, 0.3) is 5.91 Å². The fourth-order valence-corrected chi connectivity index (χ4v) is 3.39. The van der Waals surface area contributed by atoms with Gasteiger partial charge in [0.2, 0.25) is 0 Å². The molecule has 1 aromatic rings. The number of amides is 1. The number of carbonyl (C=O) groups is 1. The molecule has 1 saturated heterocycles. The zero-order valence-electron chi connectivity index (χ0n) is 12.6. The third-order valence-electron chi connectivity index (χ3n) is 3.86. The van der Waals surface area contributed by atoms with E-state index in [1.807, 2.05) is 0 Å². The summed E-state index contributed by atoms with van der Waals surface area (Å²) in [7, 11) is 3.77. The van der Waals surface area contributed by atoms with Crippen LogP contribution in [0.25, 0.3) is 0 Å². The molecule has 0 atom stereocenters. The Hall–Kier alpha value is -1.18. The lowest BCUT2D eigenvalue weighted by molar-refractivity contribution is 0.0950. The van der Waals surface area contributed by atoms with Gasteiger partial charge in [-0.3, -0.25) is 4.79 Å². The molecule has 1 aliphatic heterocycles. The Balaban J connectivity index is 1.76. The van der Waals surface area contributed by atoms with Crippen molar-refractivity contribution in [3.8, 4) is 0 Å². The van der Waals surface area contributed by atoms with E-state index in [-0.39, 0.29) is 5.91 Å². The van der Waals surface area contributed by atoms with Gasteiger partial charge in [0.05, 0.1) is 12.3 Å². The molecule has 6 nitrogen and oxygen atoms in total. The Morgan fingerprint density at radius 3 is 2.71 bits per heavy atom. The summed E-state index contributed by atoms with van der Waals surface area (Å²) in [5.41, 5.74) is 0.759. The quantitative estimate of drug-likeness (QED) is 0.877. The second-order valence-corrected chi connectivity index (χ2v) is 6.72. The molecule has 0 unspecified atom stereocenters. The van der Waals surface area contributed by atoms with Crippen molar-refractivity contribution >= 4 is 22.4 Å². The van der Waals surface area contributed by atoms with Crippen molar-refractivity contribution in [3.05, 3.63) is 10.6 Å². The molecule has 1 saturated carbocycles. The molecule has 1 aliphatic carbocycles. The Morgan fingerprint density at radius 1 is 1.38 bits per heavy atom. The lowest BCUT2D eigenvalue weighted by Crippen LogP contribution is -2.44. The van der Waals surface area contributed by atoms with E-state index in [2.05, 4.69) is 27.1 Å². The van der Waals surface area contributed by atoms with E-state index in [4.69, 9.17) is 4.74 Å². The van der Waals surface area contributed by atoms with Crippen LogP contribution in [0.2, 0.25) is 0 Å². The van der Waals surface area contributed by atoms with Crippen LogP contribution in [0.1, 0.15) is 28.2 Å². The van der Waals surface area contributed by atoms with Gasteiger partial charge in [-0.15, -0.1) is 0 Å². The van der Waals surface area contributed by atoms with Crippen LogP contribution in [0, 0.1) is 0 Å². The average molecular weight is 310 g/mol. The highest BCUT2D eigenvalue weighted by molar-refractivity contribution is 7.17. The van der Waals surface area contributed by atoms with Crippen LogP contribution in [0.15, 0.2) is 0 Å². The molecule has 0 bridgehead atoms. The Labute approximate surface area is 129 Å². The van der Waals surface area contributed by atoms with Gasteiger partial charge in [-0.1, -0.05) is 11.3 Å². The zero-order valence-corrected chi connectivity index (χ0v) is 13.4. The number of hydrogen-bond acceptors (Lipinski definition) is 6. The number of rotatable bonds is 5. The van der Waals surface area contributed by atoms with Crippen LogP contribution in [0.3, 0.4) is 0 Å². The first-order chi connectivity index (χ1) is 10.2. The fourth-order valence-electron chi connectivity index (χ4n) is 2.36. The van der Waals surface area contributed by atoms with E-state index < -0.39 is 0 Å². The van der Waals surface area contributed by atoms with Gasteiger partial charge in [-0.25, -0.2) is 4.98 Å². The minimum absolute atomic E-state index is 0.00225. The van der Waals surface area contributed by atoms with Gasteiger partial charge in [-0.2, -0.15) is 0 Å². The first-order valence-electron chi connectivity index (χ1n) is 7.40. The largest absolute Gasteiger partial charge is 0.378 e. The Kier molecular flexibility index (Phi) is 4.42. The molecule has 0 radical (unpaired) electrons. The number of anilines is 1. The van der Waals surface area contributed by atoms with Crippen LogP contribution in [0.5, 0.6) is 0 Å². The number of aromatic nitrogens is 1. The summed E-state index contributed by atoms with van der Waals surface area (Å²) >= 11 is 1.49. The summed E-state index contributed by atoms with van der Waals surface area (Å²) in [5, 5.41) is 3.98. The van der Waals surface area contributed by atoms with Crippen LogP contribution in [-0.2, 0) is 11.3 Å². The molecule has 7 heteroatoms. The molecule has 1 N–H and O–H groups in total. The van der Waals surface area contributed by atoms with Crippen molar-refractivity contribution in [1.29, 1.82) is 0 Å². The predicted octanol–water partition coefficient (Wildman–Crippen LogP) is 0.933. The van der Waals surface area contributed by atoms with Gasteiger partial charge in [0, 0.05) is 39.3 Å². The molecule has 0 aromatic carbocycles. The van der Waals surface area contributed by atoms with Gasteiger partial charge in [0.1, 0.15) is 4.88 Å². The standard InChI is InChI=1S/C14H22N4O2S/c1-17-5-7-18(8-6-17)14-16-11(9-20-2)12(21-14)13(19)15-10-3-4-10/h10H,3-9H2,1-2H3,(H,15,19). The third-order valence-corrected chi connectivity index (χ3v) is 5.02. The summed E-state index contributed by atoms with van der Waals surface area (Å²) in [6, 6.07) is 0.363.